The number of aliphatic hydroxyl groups excluding tert-OH is 1. The van der Waals surface area contributed by atoms with E-state index in [1.165, 1.54) is 161 Å². The van der Waals surface area contributed by atoms with Crippen LogP contribution in [0.5, 0.6) is 0 Å². The number of rotatable bonds is 68. The molecule has 0 rings (SSSR count). The van der Waals surface area contributed by atoms with Crippen molar-refractivity contribution in [2.75, 3.05) is 39.6 Å². The second-order valence-corrected chi connectivity index (χ2v) is 28.8. The van der Waals surface area contributed by atoms with Gasteiger partial charge in [-0.25, -0.2) is 9.13 Å². The molecule has 0 aliphatic heterocycles. The summed E-state index contributed by atoms with van der Waals surface area (Å²) in [5.41, 5.74) is 0. The van der Waals surface area contributed by atoms with Crippen LogP contribution in [0, 0.1) is 11.8 Å². The van der Waals surface area contributed by atoms with Crippen molar-refractivity contribution in [3.63, 3.8) is 0 Å². The lowest BCUT2D eigenvalue weighted by Gasteiger charge is -2.21. The van der Waals surface area contributed by atoms with Crippen LogP contribution >= 0.6 is 15.6 Å². The van der Waals surface area contributed by atoms with Crippen LogP contribution in [0.4, 0.5) is 0 Å². The largest absolute Gasteiger partial charge is 0.472 e. The van der Waals surface area contributed by atoms with Gasteiger partial charge in [0.2, 0.25) is 0 Å². The molecule has 17 nitrogen and oxygen atoms in total. The molecule has 19 heteroatoms. The Morgan fingerprint density at radius 2 is 0.523 bits per heavy atom. The van der Waals surface area contributed by atoms with Crippen molar-refractivity contribution in [1.29, 1.82) is 0 Å². The fourth-order valence-corrected chi connectivity index (χ4v) is 12.0. The Morgan fingerprint density at radius 3 is 0.773 bits per heavy atom. The minimum Gasteiger partial charge on any atom is -0.462 e. The number of aliphatic hydroxyl groups is 1. The quantitative estimate of drug-likeness (QED) is 0.0222. The van der Waals surface area contributed by atoms with Crippen LogP contribution in [0.3, 0.4) is 0 Å². The Kier molecular flexibility index (Phi) is 59.9. The number of carbonyl (C=O) groups is 4. The van der Waals surface area contributed by atoms with E-state index in [4.69, 9.17) is 37.0 Å². The maximum Gasteiger partial charge on any atom is 0.472 e. The maximum atomic E-state index is 13.0. The summed E-state index contributed by atoms with van der Waals surface area (Å²) in [5.74, 6) is -0.557. The van der Waals surface area contributed by atoms with Crippen LogP contribution in [0.2, 0.25) is 0 Å². The first kappa shape index (κ1) is 86.1. The fourth-order valence-electron chi connectivity index (χ4n) is 10.4. The van der Waals surface area contributed by atoms with Gasteiger partial charge in [-0.2, -0.15) is 0 Å². The zero-order valence-electron chi connectivity index (χ0n) is 57.0. The van der Waals surface area contributed by atoms with Crippen LogP contribution in [-0.4, -0.2) is 96.7 Å². The number of phosphoric acid groups is 2. The predicted octanol–water partition coefficient (Wildman–Crippen LogP) is 19.6. The van der Waals surface area contributed by atoms with Gasteiger partial charge in [0, 0.05) is 25.7 Å². The minimum atomic E-state index is -4.95. The summed E-state index contributed by atoms with van der Waals surface area (Å²) in [6.45, 7) is 9.48. The normalized spacial score (nSPS) is 14.2. The summed E-state index contributed by atoms with van der Waals surface area (Å²) in [4.78, 5) is 72.2. The molecule has 0 aromatic heterocycles. The van der Waals surface area contributed by atoms with Gasteiger partial charge in [0.25, 0.3) is 0 Å². The first-order valence-corrected chi connectivity index (χ1v) is 39.0. The van der Waals surface area contributed by atoms with Crippen LogP contribution in [0.1, 0.15) is 350 Å². The van der Waals surface area contributed by atoms with Crippen molar-refractivity contribution in [2.24, 2.45) is 11.8 Å². The lowest BCUT2D eigenvalue weighted by molar-refractivity contribution is -0.161. The molecule has 0 bridgehead atoms. The second kappa shape index (κ2) is 61.3. The molecule has 0 radical (unpaired) electrons. The van der Waals surface area contributed by atoms with E-state index in [1.807, 2.05) is 0 Å². The third-order valence-electron chi connectivity index (χ3n) is 16.0. The Bertz CT molecular complexity index is 1720. The summed E-state index contributed by atoms with van der Waals surface area (Å²) in [5, 5.41) is 10.5. The summed E-state index contributed by atoms with van der Waals surface area (Å²) < 4.78 is 68.0. The topological polar surface area (TPSA) is 237 Å². The molecule has 0 fully saturated rings. The highest BCUT2D eigenvalue weighted by Crippen LogP contribution is 2.45. The minimum absolute atomic E-state index is 0.105. The van der Waals surface area contributed by atoms with Gasteiger partial charge >= 0.3 is 39.5 Å². The summed E-state index contributed by atoms with van der Waals surface area (Å²) >= 11 is 0. The third-order valence-corrected chi connectivity index (χ3v) is 17.9. The molecule has 0 saturated heterocycles. The monoisotopic (exact) mass is 1300 g/mol. The SMILES string of the molecule is CCCCCCCCCCCCC(=O)O[C@H](COC(=O)CCCCCCC)COP(=O)(O)OC[C@H](O)COP(=O)(O)OC[C@@H](COC(=O)CCCCCCCCCCCCCC(C)C)OC(=O)CCCCCCCCCCCCCCCCCCC(C)C. The molecule has 0 amide bonds. The summed E-state index contributed by atoms with van der Waals surface area (Å²) in [7, 11) is -9.89. The molecule has 0 spiro atoms. The number of phosphoric ester groups is 2. The number of esters is 4. The molecular weight excluding hydrogens is 1160 g/mol. The van der Waals surface area contributed by atoms with Crippen LogP contribution < -0.4 is 0 Å². The van der Waals surface area contributed by atoms with Gasteiger partial charge in [-0.1, -0.05) is 298 Å². The Labute approximate surface area is 537 Å². The first-order valence-electron chi connectivity index (χ1n) is 36.0. The Morgan fingerprint density at radius 1 is 0.307 bits per heavy atom. The summed E-state index contributed by atoms with van der Waals surface area (Å²) in [6, 6.07) is 0. The second-order valence-electron chi connectivity index (χ2n) is 25.9. The maximum absolute atomic E-state index is 13.0. The number of carbonyl (C=O) groups excluding carboxylic acids is 4. The third kappa shape index (κ3) is 62.8. The lowest BCUT2D eigenvalue weighted by Crippen LogP contribution is -2.30. The van der Waals surface area contributed by atoms with Crippen molar-refractivity contribution < 1.29 is 80.2 Å². The van der Waals surface area contributed by atoms with Crippen molar-refractivity contribution >= 4 is 39.5 Å². The fraction of sp³-hybridized carbons (Fsp3) is 0.942. The average molecular weight is 1300 g/mol. The number of hydrogen-bond donors (Lipinski definition) is 3. The number of ether oxygens (including phenoxy) is 4. The molecule has 522 valence electrons. The van der Waals surface area contributed by atoms with Crippen LogP contribution in [0.15, 0.2) is 0 Å². The van der Waals surface area contributed by atoms with Gasteiger partial charge in [-0.15, -0.1) is 0 Å². The molecule has 0 aromatic rings. The van der Waals surface area contributed by atoms with Crippen LogP contribution in [0.25, 0.3) is 0 Å². The molecule has 0 saturated carbocycles. The van der Waals surface area contributed by atoms with E-state index in [2.05, 4.69) is 41.5 Å². The Balaban J connectivity index is 5.14. The number of unbranched alkanes of at least 4 members (excludes halogenated alkanes) is 38. The van der Waals surface area contributed by atoms with E-state index in [-0.39, 0.29) is 25.7 Å². The van der Waals surface area contributed by atoms with E-state index in [0.717, 1.165) is 108 Å². The molecule has 5 atom stereocenters. The van der Waals surface area contributed by atoms with Crippen LogP contribution in [-0.2, 0) is 65.4 Å². The predicted molar refractivity (Wildman–Crippen MR) is 354 cm³/mol. The van der Waals surface area contributed by atoms with E-state index >= 15 is 0 Å². The standard InChI is InChI=1S/C69H134O17P2/c1-7-9-11-13-14-15-29-35-41-47-53-68(73)85-64(57-79-66(71)51-45-37-12-10-8-2)59-83-87(75,76)81-55-63(70)56-82-88(77,78)84-60-65(58-80-67(72)52-46-40-34-30-26-22-24-28-33-39-44-50-62(5)6)86-69(74)54-48-42-36-31-25-21-19-17-16-18-20-23-27-32-38-43-49-61(3)4/h61-65,70H,7-60H2,1-6H3,(H,75,76)(H,77,78)/t63-,64+,65+/m0/s1. The zero-order chi connectivity index (χ0) is 65.0. The van der Waals surface area contributed by atoms with Gasteiger partial charge < -0.3 is 33.8 Å². The van der Waals surface area contributed by atoms with Gasteiger partial charge in [-0.3, -0.25) is 37.3 Å². The smallest absolute Gasteiger partial charge is 0.462 e. The lowest BCUT2D eigenvalue weighted by atomic mass is 10.0. The van der Waals surface area contributed by atoms with Crippen molar-refractivity contribution in [2.45, 2.75) is 368 Å². The Hall–Kier alpha value is -1.94. The molecular formula is C69H134O17P2. The molecule has 0 aromatic carbocycles. The van der Waals surface area contributed by atoms with E-state index in [9.17, 15) is 43.2 Å². The summed E-state index contributed by atoms with van der Waals surface area (Å²) in [6.07, 6.45) is 46.2. The first-order chi connectivity index (χ1) is 42.4. The molecule has 0 heterocycles. The van der Waals surface area contributed by atoms with Gasteiger partial charge in [0.05, 0.1) is 26.4 Å². The number of hydrogen-bond acceptors (Lipinski definition) is 15. The molecule has 0 aliphatic rings. The highest BCUT2D eigenvalue weighted by Gasteiger charge is 2.30. The molecule has 88 heavy (non-hydrogen) atoms. The van der Waals surface area contributed by atoms with Gasteiger partial charge in [0.15, 0.2) is 12.2 Å². The molecule has 2 unspecified atom stereocenters. The van der Waals surface area contributed by atoms with E-state index in [1.54, 1.807) is 0 Å². The average Bonchev–Trinajstić information content (AvgIpc) is 3.69. The van der Waals surface area contributed by atoms with Gasteiger partial charge in [-0.05, 0) is 37.5 Å². The highest BCUT2D eigenvalue weighted by molar-refractivity contribution is 7.47. The van der Waals surface area contributed by atoms with Crippen molar-refractivity contribution in [3.05, 3.63) is 0 Å². The molecule has 3 N–H and O–H groups in total. The zero-order valence-corrected chi connectivity index (χ0v) is 58.8. The highest BCUT2D eigenvalue weighted by atomic mass is 31.2. The van der Waals surface area contributed by atoms with Crippen molar-refractivity contribution in [3.8, 4) is 0 Å². The van der Waals surface area contributed by atoms with E-state index in [0.29, 0.717) is 25.7 Å². The molecule has 0 aliphatic carbocycles. The van der Waals surface area contributed by atoms with Gasteiger partial charge in [0.1, 0.15) is 19.3 Å². The van der Waals surface area contributed by atoms with Crippen molar-refractivity contribution in [1.82, 2.24) is 0 Å². The van der Waals surface area contributed by atoms with E-state index < -0.39 is 97.5 Å².